The Morgan fingerprint density at radius 1 is 1.27 bits per heavy atom. The van der Waals surface area contributed by atoms with E-state index in [4.69, 9.17) is 23.2 Å². The van der Waals surface area contributed by atoms with Crippen LogP contribution >= 0.6 is 34.5 Å². The summed E-state index contributed by atoms with van der Waals surface area (Å²) in [5, 5.41) is 12.4. The fourth-order valence-electron chi connectivity index (χ4n) is 1.84. The number of halogens is 2. The van der Waals surface area contributed by atoms with E-state index in [0.717, 1.165) is 20.7 Å². The second kappa shape index (κ2) is 6.83. The van der Waals surface area contributed by atoms with Gasteiger partial charge in [-0.05, 0) is 0 Å². The Morgan fingerprint density at radius 3 is 2.82 bits per heavy atom. The molecule has 6 heteroatoms. The molecule has 0 unspecified atom stereocenters. The van der Waals surface area contributed by atoms with E-state index in [1.165, 1.54) is 0 Å². The Bertz CT molecular complexity index is 876. The van der Waals surface area contributed by atoms with Crippen LogP contribution < -0.4 is 0 Å². The number of nitriles is 1. The van der Waals surface area contributed by atoms with Crippen LogP contribution in [0.3, 0.4) is 0 Å². The number of rotatable bonds is 3. The van der Waals surface area contributed by atoms with E-state index in [1.807, 2.05) is 29.7 Å². The monoisotopic (exact) mass is 410 g/mol. The summed E-state index contributed by atoms with van der Waals surface area (Å²) in [5.41, 5.74) is 2.38. The molecular weight excluding hydrogens is 402 g/mol. The minimum absolute atomic E-state index is 0.0419. The average Bonchev–Trinajstić information content (AvgIpc) is 3.18. The van der Waals surface area contributed by atoms with Gasteiger partial charge in [-0.25, -0.2) is 0 Å². The molecule has 0 spiro atoms. The molecular formula is C16H8Cl2N2SSe. The fourth-order valence-corrected chi connectivity index (χ4v) is 4.47. The van der Waals surface area contributed by atoms with E-state index < -0.39 is 0 Å². The maximum atomic E-state index is 9.38. The Kier molecular flexibility index (Phi) is 4.83. The molecule has 0 fully saturated rings. The van der Waals surface area contributed by atoms with Crippen molar-refractivity contribution in [1.82, 2.24) is 4.98 Å². The van der Waals surface area contributed by atoms with Crippen LogP contribution in [0.1, 0.15) is 9.44 Å². The number of hydrogen-bond donors (Lipinski definition) is 0. The van der Waals surface area contributed by atoms with Crippen molar-refractivity contribution in [3.05, 3.63) is 60.1 Å². The van der Waals surface area contributed by atoms with Crippen molar-refractivity contribution in [2.24, 2.45) is 0 Å². The molecule has 3 aromatic rings. The van der Waals surface area contributed by atoms with Crippen LogP contribution in [-0.2, 0) is 0 Å². The van der Waals surface area contributed by atoms with Gasteiger partial charge in [-0.1, -0.05) is 0 Å². The van der Waals surface area contributed by atoms with Crippen molar-refractivity contribution < 1.29 is 0 Å². The number of benzene rings is 1. The van der Waals surface area contributed by atoms with Crippen LogP contribution in [-0.4, -0.2) is 19.5 Å². The standard InChI is InChI=1S/C16H8Cl2N2SSe/c17-13-4-3-10(7-14(13)18)15-9-22-16(20-15)11(8-19)6-12-2-1-5-21-12/h1-7,9H/b11-6+. The SMILES string of the molecule is N#C/C(=C\c1cccs1)c1nc(-c2ccc(Cl)c(Cl)c2)c[se]1. The average molecular weight is 410 g/mol. The van der Waals surface area contributed by atoms with Gasteiger partial charge in [0.15, 0.2) is 0 Å². The Hall–Kier alpha value is -1.34. The Labute approximate surface area is 148 Å². The summed E-state index contributed by atoms with van der Waals surface area (Å²) in [7, 11) is 0. The first-order chi connectivity index (χ1) is 10.7. The molecule has 0 saturated heterocycles. The van der Waals surface area contributed by atoms with E-state index in [2.05, 4.69) is 16.0 Å². The van der Waals surface area contributed by atoms with Gasteiger partial charge in [0.25, 0.3) is 0 Å². The zero-order chi connectivity index (χ0) is 15.5. The molecule has 2 nitrogen and oxygen atoms in total. The summed E-state index contributed by atoms with van der Waals surface area (Å²) in [4.78, 5) is 7.71. The van der Waals surface area contributed by atoms with Gasteiger partial charge in [0.05, 0.1) is 0 Å². The van der Waals surface area contributed by atoms with Crippen molar-refractivity contribution in [3.63, 3.8) is 0 Å². The van der Waals surface area contributed by atoms with Crippen molar-refractivity contribution in [2.45, 2.75) is 0 Å². The van der Waals surface area contributed by atoms with Gasteiger partial charge in [-0.2, -0.15) is 0 Å². The van der Waals surface area contributed by atoms with Gasteiger partial charge in [0, 0.05) is 0 Å². The normalized spacial score (nSPS) is 11.4. The molecule has 108 valence electrons. The van der Waals surface area contributed by atoms with Gasteiger partial charge >= 0.3 is 148 Å². The quantitative estimate of drug-likeness (QED) is 0.438. The zero-order valence-electron chi connectivity index (χ0n) is 11.1. The van der Waals surface area contributed by atoms with Crippen LogP contribution in [0.5, 0.6) is 0 Å². The van der Waals surface area contributed by atoms with Gasteiger partial charge < -0.3 is 0 Å². The first-order valence-electron chi connectivity index (χ1n) is 6.24. The van der Waals surface area contributed by atoms with Crippen molar-refractivity contribution in [2.75, 3.05) is 0 Å². The van der Waals surface area contributed by atoms with Crippen molar-refractivity contribution in [1.29, 1.82) is 5.26 Å². The summed E-state index contributed by atoms with van der Waals surface area (Å²) in [6, 6.07) is 11.6. The minimum atomic E-state index is 0.0419. The van der Waals surface area contributed by atoms with Gasteiger partial charge in [0.1, 0.15) is 0 Å². The maximum absolute atomic E-state index is 9.38. The number of allylic oxidation sites excluding steroid dienone is 1. The number of nitrogens with zero attached hydrogens (tertiary/aromatic N) is 2. The third-order valence-corrected chi connectivity index (χ3v) is 6.30. The number of thiophene rings is 1. The van der Waals surface area contributed by atoms with Gasteiger partial charge in [-0.3, -0.25) is 0 Å². The first-order valence-corrected chi connectivity index (χ1v) is 9.72. The molecule has 2 heterocycles. The van der Waals surface area contributed by atoms with E-state index in [9.17, 15) is 5.26 Å². The summed E-state index contributed by atoms with van der Waals surface area (Å²) in [5.74, 6) is 0. The summed E-state index contributed by atoms with van der Waals surface area (Å²) in [6.45, 7) is 0. The molecule has 2 aromatic heterocycles. The summed E-state index contributed by atoms with van der Waals surface area (Å²) in [6.07, 6.45) is 1.89. The topological polar surface area (TPSA) is 36.7 Å². The molecule has 0 amide bonds. The molecule has 0 atom stereocenters. The van der Waals surface area contributed by atoms with Crippen LogP contribution in [0.4, 0.5) is 0 Å². The van der Waals surface area contributed by atoms with Gasteiger partial charge in [-0.15, -0.1) is 0 Å². The van der Waals surface area contributed by atoms with Gasteiger partial charge in [0.2, 0.25) is 0 Å². The van der Waals surface area contributed by atoms with Crippen molar-refractivity contribution in [3.8, 4) is 17.3 Å². The molecule has 0 radical (unpaired) electrons. The van der Waals surface area contributed by atoms with E-state index in [-0.39, 0.29) is 14.5 Å². The Morgan fingerprint density at radius 2 is 2.14 bits per heavy atom. The van der Waals surface area contributed by atoms with Crippen LogP contribution in [0.25, 0.3) is 22.9 Å². The van der Waals surface area contributed by atoms with Crippen LogP contribution in [0.15, 0.2) is 40.7 Å². The fraction of sp³-hybridized carbons (Fsp3) is 0. The van der Waals surface area contributed by atoms with E-state index >= 15 is 0 Å². The predicted octanol–water partition coefficient (Wildman–Crippen LogP) is 5.24. The molecule has 3 rings (SSSR count). The number of aromatic nitrogens is 1. The second-order valence-corrected chi connectivity index (χ2v) is 7.95. The predicted molar refractivity (Wildman–Crippen MR) is 94.4 cm³/mol. The van der Waals surface area contributed by atoms with Crippen LogP contribution in [0, 0.1) is 11.3 Å². The summed E-state index contributed by atoms with van der Waals surface area (Å²) < 4.78 is 0.837. The van der Waals surface area contributed by atoms with Crippen molar-refractivity contribution >= 4 is 60.7 Å². The molecule has 0 bridgehead atoms. The molecule has 0 aliphatic heterocycles. The summed E-state index contributed by atoms with van der Waals surface area (Å²) >= 11 is 13.6. The zero-order valence-corrected chi connectivity index (χ0v) is 15.1. The first kappa shape index (κ1) is 15.6. The van der Waals surface area contributed by atoms with Crippen LogP contribution in [0.2, 0.25) is 10.0 Å². The third kappa shape index (κ3) is 3.35. The second-order valence-electron chi connectivity index (χ2n) is 4.35. The molecule has 22 heavy (non-hydrogen) atoms. The Balaban J connectivity index is 1.96. The van der Waals surface area contributed by atoms with E-state index in [1.54, 1.807) is 23.5 Å². The third-order valence-electron chi connectivity index (χ3n) is 2.90. The molecule has 0 aliphatic rings. The molecule has 0 aliphatic carbocycles. The molecule has 0 N–H and O–H groups in total. The van der Waals surface area contributed by atoms with E-state index in [0.29, 0.717) is 15.6 Å². The molecule has 0 saturated carbocycles. The number of hydrogen-bond acceptors (Lipinski definition) is 3. The molecule has 1 aromatic carbocycles.